The van der Waals surface area contributed by atoms with Crippen molar-refractivity contribution < 1.29 is 19.1 Å². The first-order valence-electron chi connectivity index (χ1n) is 12.9. The molecular weight excluding hydrogens is 620 g/mol. The predicted octanol–water partition coefficient (Wildman–Crippen LogP) is 8.83. The van der Waals surface area contributed by atoms with Crippen LogP contribution in [0.2, 0.25) is 10.0 Å². The molecule has 1 aromatic heterocycles. The second kappa shape index (κ2) is 15.3. The second-order valence-electron chi connectivity index (χ2n) is 10.1. The molecule has 4 rings (SSSR count). The number of esters is 1. The molecule has 4 aromatic rings. The predicted molar refractivity (Wildman–Crippen MR) is 170 cm³/mol. The third-order valence-electron chi connectivity index (χ3n) is 5.52. The molecule has 11 heteroatoms. The van der Waals surface area contributed by atoms with Crippen LogP contribution in [0.15, 0.2) is 72.9 Å². The van der Waals surface area contributed by atoms with Gasteiger partial charge in [-0.25, -0.2) is 4.68 Å². The van der Waals surface area contributed by atoms with Gasteiger partial charge in [0.05, 0.1) is 23.0 Å². The SMILES string of the molecule is Cc1ccc(-c2cn(-c3cc(Cl)cc(Cl)c3)nc2Oc2ccc(C(=O)NCCC(=O)OC(C)(C)C)cc2)cc1.ClCCl. The van der Waals surface area contributed by atoms with Crippen molar-refractivity contribution in [3.05, 3.63) is 94.1 Å². The van der Waals surface area contributed by atoms with Gasteiger partial charge in [-0.15, -0.1) is 28.3 Å². The molecule has 0 bridgehead atoms. The summed E-state index contributed by atoms with van der Waals surface area (Å²) in [5.41, 5.74) is 3.40. The van der Waals surface area contributed by atoms with Gasteiger partial charge >= 0.3 is 5.97 Å². The lowest BCUT2D eigenvalue weighted by Crippen LogP contribution is -2.29. The van der Waals surface area contributed by atoms with Crippen molar-refractivity contribution in [2.24, 2.45) is 0 Å². The number of aryl methyl sites for hydroxylation is 1. The molecule has 0 spiro atoms. The molecule has 1 N–H and O–H groups in total. The number of nitrogens with zero attached hydrogens (tertiary/aromatic N) is 2. The van der Waals surface area contributed by atoms with E-state index in [-0.39, 0.29) is 30.2 Å². The average molecular weight is 651 g/mol. The van der Waals surface area contributed by atoms with Crippen LogP contribution in [0.5, 0.6) is 11.6 Å². The molecule has 0 radical (unpaired) electrons. The first-order valence-corrected chi connectivity index (χ1v) is 14.7. The summed E-state index contributed by atoms with van der Waals surface area (Å²) >= 11 is 22.0. The summed E-state index contributed by atoms with van der Waals surface area (Å²) in [6.07, 6.45) is 1.95. The van der Waals surface area contributed by atoms with Crippen molar-refractivity contribution in [2.75, 3.05) is 11.9 Å². The van der Waals surface area contributed by atoms with Gasteiger partial charge < -0.3 is 14.8 Å². The summed E-state index contributed by atoms with van der Waals surface area (Å²) in [6.45, 7) is 7.60. The van der Waals surface area contributed by atoms with Gasteiger partial charge in [0.15, 0.2) is 0 Å². The number of benzene rings is 3. The lowest BCUT2D eigenvalue weighted by atomic mass is 10.1. The van der Waals surface area contributed by atoms with Gasteiger partial charge in [0.1, 0.15) is 11.4 Å². The minimum Gasteiger partial charge on any atom is -0.460 e. The molecule has 0 saturated heterocycles. The van der Waals surface area contributed by atoms with Crippen molar-refractivity contribution in [1.29, 1.82) is 0 Å². The van der Waals surface area contributed by atoms with E-state index in [1.165, 1.54) is 0 Å². The van der Waals surface area contributed by atoms with Crippen LogP contribution < -0.4 is 10.1 Å². The Hall–Kier alpha value is -3.23. The average Bonchev–Trinajstić information content (AvgIpc) is 3.32. The van der Waals surface area contributed by atoms with E-state index < -0.39 is 5.60 Å². The van der Waals surface area contributed by atoms with Gasteiger partial charge in [-0.05, 0) is 75.7 Å². The zero-order valence-electron chi connectivity index (χ0n) is 23.6. The summed E-state index contributed by atoms with van der Waals surface area (Å²) in [5, 5.41) is 8.56. The van der Waals surface area contributed by atoms with Gasteiger partial charge in [-0.2, -0.15) is 0 Å². The fourth-order valence-corrected chi connectivity index (χ4v) is 4.24. The molecule has 0 unspecified atom stereocenters. The lowest BCUT2D eigenvalue weighted by molar-refractivity contribution is -0.154. The Balaban J connectivity index is 0.00000155. The number of halogens is 4. The summed E-state index contributed by atoms with van der Waals surface area (Å²) < 4.78 is 13.1. The Morgan fingerprint density at radius 1 is 0.929 bits per heavy atom. The van der Waals surface area contributed by atoms with Crippen LogP contribution in [0.1, 0.15) is 43.1 Å². The topological polar surface area (TPSA) is 82.5 Å². The zero-order chi connectivity index (χ0) is 30.9. The standard InChI is InChI=1S/C30H29Cl2N3O4.CH2Cl2/c1-19-5-7-20(8-6-19)26-18-35(24-16-22(31)15-23(32)17-24)34-29(26)38-25-11-9-21(10-12-25)28(37)33-14-13-27(36)39-30(2,3)4;2-1-3/h5-12,15-18H,13-14H2,1-4H3,(H,33,37);1H2. The van der Waals surface area contributed by atoms with E-state index in [4.69, 9.17) is 55.9 Å². The largest absolute Gasteiger partial charge is 0.460 e. The van der Waals surface area contributed by atoms with E-state index in [2.05, 4.69) is 10.4 Å². The van der Waals surface area contributed by atoms with Crippen LogP contribution in [0.4, 0.5) is 0 Å². The lowest BCUT2D eigenvalue weighted by Gasteiger charge is -2.19. The fraction of sp³-hybridized carbons (Fsp3) is 0.258. The van der Waals surface area contributed by atoms with E-state index in [1.54, 1.807) is 67.9 Å². The maximum Gasteiger partial charge on any atom is 0.308 e. The fourth-order valence-electron chi connectivity index (χ4n) is 3.73. The van der Waals surface area contributed by atoms with Gasteiger partial charge in [0.25, 0.3) is 5.91 Å². The Labute approximate surface area is 265 Å². The van der Waals surface area contributed by atoms with E-state index in [1.807, 2.05) is 37.4 Å². The minimum absolute atomic E-state index is 0.0898. The normalized spacial score (nSPS) is 10.9. The summed E-state index contributed by atoms with van der Waals surface area (Å²) in [7, 11) is 0. The molecule has 1 heterocycles. The van der Waals surface area contributed by atoms with Gasteiger partial charge in [0, 0.05) is 28.4 Å². The second-order valence-corrected chi connectivity index (χ2v) is 11.8. The minimum atomic E-state index is -0.562. The van der Waals surface area contributed by atoms with E-state index in [0.717, 1.165) is 16.7 Å². The molecule has 222 valence electrons. The Kier molecular flexibility index (Phi) is 12.1. The maximum absolute atomic E-state index is 12.5. The highest BCUT2D eigenvalue weighted by atomic mass is 35.5. The number of amides is 1. The number of aromatic nitrogens is 2. The van der Waals surface area contributed by atoms with Crippen molar-refractivity contribution in [2.45, 2.75) is 39.7 Å². The molecule has 0 fully saturated rings. The monoisotopic (exact) mass is 649 g/mol. The number of nitrogens with one attached hydrogen (secondary N) is 1. The molecule has 0 atom stereocenters. The number of hydrogen-bond acceptors (Lipinski definition) is 5. The molecule has 1 amide bonds. The molecule has 0 aliphatic carbocycles. The van der Waals surface area contributed by atoms with Crippen LogP contribution in [0.3, 0.4) is 0 Å². The first kappa shape index (κ1) is 33.3. The highest BCUT2D eigenvalue weighted by Crippen LogP contribution is 2.34. The van der Waals surface area contributed by atoms with Gasteiger partial charge in [-0.1, -0.05) is 53.0 Å². The van der Waals surface area contributed by atoms with Crippen LogP contribution in [0, 0.1) is 6.92 Å². The number of carbonyl (C=O) groups excluding carboxylic acids is 2. The Morgan fingerprint density at radius 3 is 2.10 bits per heavy atom. The number of alkyl halides is 2. The summed E-state index contributed by atoms with van der Waals surface area (Å²) in [6, 6.07) is 19.9. The Bertz CT molecular complexity index is 1480. The number of rotatable bonds is 8. The molecule has 42 heavy (non-hydrogen) atoms. The van der Waals surface area contributed by atoms with Gasteiger partial charge in [0.2, 0.25) is 5.88 Å². The number of carbonyl (C=O) groups is 2. The maximum atomic E-state index is 12.5. The quantitative estimate of drug-likeness (QED) is 0.152. The molecule has 0 saturated carbocycles. The summed E-state index contributed by atoms with van der Waals surface area (Å²) in [5.74, 6) is 0.218. The van der Waals surface area contributed by atoms with E-state index in [9.17, 15) is 9.59 Å². The van der Waals surface area contributed by atoms with Crippen LogP contribution in [-0.2, 0) is 9.53 Å². The first-order chi connectivity index (χ1) is 19.9. The van der Waals surface area contributed by atoms with Crippen LogP contribution in [-0.4, -0.2) is 39.1 Å². The molecule has 7 nitrogen and oxygen atoms in total. The van der Waals surface area contributed by atoms with Crippen LogP contribution in [0.25, 0.3) is 16.8 Å². The van der Waals surface area contributed by atoms with Gasteiger partial charge in [-0.3, -0.25) is 9.59 Å². The van der Waals surface area contributed by atoms with Crippen molar-refractivity contribution >= 4 is 58.3 Å². The summed E-state index contributed by atoms with van der Waals surface area (Å²) in [4.78, 5) is 24.4. The molecule has 0 aliphatic heterocycles. The van der Waals surface area contributed by atoms with E-state index in [0.29, 0.717) is 32.9 Å². The molecule has 0 aliphatic rings. The Morgan fingerprint density at radius 2 is 1.52 bits per heavy atom. The van der Waals surface area contributed by atoms with Crippen molar-refractivity contribution in [3.63, 3.8) is 0 Å². The third-order valence-corrected chi connectivity index (χ3v) is 5.96. The van der Waals surface area contributed by atoms with Crippen molar-refractivity contribution in [1.82, 2.24) is 15.1 Å². The molecule has 3 aromatic carbocycles. The number of ether oxygens (including phenoxy) is 2. The smallest absolute Gasteiger partial charge is 0.308 e. The number of hydrogen-bond donors (Lipinski definition) is 1. The van der Waals surface area contributed by atoms with Crippen LogP contribution >= 0.6 is 46.4 Å². The highest BCUT2D eigenvalue weighted by molar-refractivity contribution is 6.40. The molecular formula is C31H31Cl4N3O4. The van der Waals surface area contributed by atoms with Crippen molar-refractivity contribution in [3.8, 4) is 28.4 Å². The van der Waals surface area contributed by atoms with E-state index >= 15 is 0 Å². The highest BCUT2D eigenvalue weighted by Gasteiger charge is 2.17. The third kappa shape index (κ3) is 10.2. The zero-order valence-corrected chi connectivity index (χ0v) is 26.6.